The van der Waals surface area contributed by atoms with Crippen molar-refractivity contribution in [2.45, 2.75) is 12.4 Å². The largest absolute Gasteiger partial charge is 0.478 e. The van der Waals surface area contributed by atoms with Gasteiger partial charge >= 0.3 is 78.0 Å². The molecule has 0 saturated carbocycles. The van der Waals surface area contributed by atoms with E-state index in [0.717, 1.165) is 30.3 Å². The number of anilines is 10. The van der Waals surface area contributed by atoms with E-state index < -0.39 is 106 Å². The zero-order chi connectivity index (χ0) is 106. The number of carboxylic acid groups (broad SMARTS) is 11. The molecule has 16 N–H and O–H groups in total. The standard InChI is InChI=1S/C22H11F6NO5.C21H13NO7.2C20H11Cl2NO5.C20H11F2NO5/c23-21(24,25)9-6-10(22(26,27)28)8-11(7-9)29-15-5-4-14(20(32)33)18-16(15)12-2-1-3-13(19(30)31)17(12)34-18;23-19(24)10-3-1-4-11(9-10)22-15-8-7-14(21(27)28)18-16(15)12-5-2-6-13(20(25)26)17(12)29-18;21-9-4-6-14(13(22)8-9)23-15-7-5-12(20(26)27)18-16(15)10-2-1-3-11(19(24)25)17(10)28-18;2*21-9-6-10(22)8-11(7-9)23-15-5-4-14(20(26)27)18-16(15)12-2-1-3-13(19(24)25)17(12)28-18/h1-8,29H,(H,30,31)(H,32,33);1-9,22H,(H,23,24)(H,25,26)(H,27,28);3*1-8,23H,(H,24,25)(H,26,27). The molecule has 0 saturated heterocycles. The number of alkyl halides is 6. The first-order valence-corrected chi connectivity index (χ1v) is 43.3. The van der Waals surface area contributed by atoms with E-state index >= 15 is 0 Å². The van der Waals surface area contributed by atoms with Crippen LogP contribution in [0, 0.1) is 11.6 Å². The minimum Gasteiger partial charge on any atom is -0.478 e. The summed E-state index contributed by atoms with van der Waals surface area (Å²) in [6.07, 6.45) is -10.1. The highest BCUT2D eigenvalue weighted by Crippen LogP contribution is 2.48. The molecular weight excluding hydrogens is 2030 g/mol. The van der Waals surface area contributed by atoms with Crippen molar-refractivity contribution in [2.24, 2.45) is 0 Å². The molecule has 147 heavy (non-hydrogen) atoms. The van der Waals surface area contributed by atoms with Gasteiger partial charge in [0.15, 0.2) is 27.9 Å². The predicted molar refractivity (Wildman–Crippen MR) is 524 cm³/mol. The molecule has 0 amide bonds. The molecule has 32 nitrogen and oxygen atoms in total. The van der Waals surface area contributed by atoms with Gasteiger partial charge in [0.25, 0.3) is 0 Å². The summed E-state index contributed by atoms with van der Waals surface area (Å²) in [5.74, 6) is -15.1. The molecule has 15 aromatic carbocycles. The van der Waals surface area contributed by atoms with Crippen LogP contribution < -0.4 is 26.6 Å². The van der Waals surface area contributed by atoms with Crippen molar-refractivity contribution < 1.29 is 166 Å². The van der Waals surface area contributed by atoms with E-state index in [2.05, 4.69) is 26.6 Å². The van der Waals surface area contributed by atoms with Gasteiger partial charge in [0.1, 0.15) is 95.2 Å². The highest BCUT2D eigenvalue weighted by molar-refractivity contribution is 6.37. The quantitative estimate of drug-likeness (QED) is 0.0297. The van der Waals surface area contributed by atoms with Crippen molar-refractivity contribution in [3.8, 4) is 0 Å². The number of furan rings is 5. The van der Waals surface area contributed by atoms with Crippen LogP contribution in [0.5, 0.6) is 0 Å². The van der Waals surface area contributed by atoms with Gasteiger partial charge in [-0.15, -0.1) is 0 Å². The van der Waals surface area contributed by atoms with Gasteiger partial charge in [-0.05, 0) is 176 Å². The number of rotatable bonds is 21. The van der Waals surface area contributed by atoms with Crippen molar-refractivity contribution in [1.29, 1.82) is 0 Å². The monoisotopic (exact) mass is 2090 g/mol. The lowest BCUT2D eigenvalue weighted by Crippen LogP contribution is -2.11. The molecule has 5 heterocycles. The van der Waals surface area contributed by atoms with Gasteiger partial charge in [0, 0.05) is 70.8 Å². The van der Waals surface area contributed by atoms with Crippen molar-refractivity contribution >= 4 is 279 Å². The SMILES string of the molecule is O=C(O)c1cccc(Nc2ccc(C(=O)O)c3oc4c(C(=O)O)cccc4c23)c1.O=C(O)c1cccc2c1oc1c(C(=O)O)ccc(Nc3cc(C(F)(F)F)cc(C(F)(F)F)c3)c12.O=C(O)c1cccc2c1oc1c(C(=O)O)ccc(Nc3cc(Cl)cc(Cl)c3)c12.O=C(O)c1cccc2c1oc1c(C(=O)O)ccc(Nc3cc(F)cc(F)c3)c12.O=C(O)c1cccc2c1oc1c(C(=O)O)ccc(Nc3ccc(Cl)cc3Cl)c12. The molecule has 0 radical (unpaired) electrons. The first-order valence-electron chi connectivity index (χ1n) is 41.8. The third kappa shape index (κ3) is 20.5. The van der Waals surface area contributed by atoms with Gasteiger partial charge in [-0.2, -0.15) is 26.3 Å². The lowest BCUT2D eigenvalue weighted by molar-refractivity contribution is -0.143. The number of carboxylic acids is 11. The van der Waals surface area contributed by atoms with Crippen LogP contribution in [0.15, 0.2) is 271 Å². The molecule has 0 bridgehead atoms. The smallest absolute Gasteiger partial charge is 0.416 e. The van der Waals surface area contributed by atoms with Crippen LogP contribution >= 0.6 is 46.4 Å². The summed E-state index contributed by atoms with van der Waals surface area (Å²) >= 11 is 24.2. The predicted octanol–water partition coefficient (Wildman–Crippen LogP) is 28.3. The highest BCUT2D eigenvalue weighted by Gasteiger charge is 2.38. The topological polar surface area (TPSA) is 536 Å². The van der Waals surface area contributed by atoms with Crippen LogP contribution in [-0.2, 0) is 12.4 Å². The fraction of sp³-hybridized carbons (Fsp3) is 0.0194. The summed E-state index contributed by atoms with van der Waals surface area (Å²) in [7, 11) is 0. The van der Waals surface area contributed by atoms with E-state index in [0.29, 0.717) is 115 Å². The van der Waals surface area contributed by atoms with Crippen LogP contribution in [0.4, 0.5) is 92.0 Å². The van der Waals surface area contributed by atoms with Crippen molar-refractivity contribution in [2.75, 3.05) is 26.6 Å². The Hall–Kier alpha value is -18.9. The van der Waals surface area contributed by atoms with E-state index in [1.807, 2.05) is 0 Å². The van der Waals surface area contributed by atoms with E-state index in [-0.39, 0.29) is 145 Å². The summed E-state index contributed by atoms with van der Waals surface area (Å²) < 4.78 is 135. The molecule has 5 aromatic heterocycles. The van der Waals surface area contributed by atoms with E-state index in [1.54, 1.807) is 103 Å². The Kier molecular flexibility index (Phi) is 27.6. The summed E-state index contributed by atoms with van der Waals surface area (Å²) in [4.78, 5) is 127. The first kappa shape index (κ1) is 101. The molecule has 0 aliphatic carbocycles. The molecular formula is C103H57Cl4F8N5O27. The van der Waals surface area contributed by atoms with Crippen LogP contribution in [0.2, 0.25) is 20.1 Å². The summed E-state index contributed by atoms with van der Waals surface area (Å²) in [6.45, 7) is 0. The van der Waals surface area contributed by atoms with Gasteiger partial charge in [-0.25, -0.2) is 61.5 Å². The molecule has 44 heteroatoms. The van der Waals surface area contributed by atoms with Gasteiger partial charge in [-0.3, -0.25) is 0 Å². The zero-order valence-electron chi connectivity index (χ0n) is 73.2. The average Bonchev–Trinajstić information content (AvgIpc) is 1.61. The highest BCUT2D eigenvalue weighted by atomic mass is 35.5. The Morgan fingerprint density at radius 3 is 0.748 bits per heavy atom. The molecule has 0 spiro atoms. The lowest BCUT2D eigenvalue weighted by atomic mass is 10.0. The van der Waals surface area contributed by atoms with Crippen molar-refractivity contribution in [3.05, 3.63) is 353 Å². The zero-order valence-corrected chi connectivity index (χ0v) is 76.2. The summed E-state index contributed by atoms with van der Waals surface area (Å²) in [5.41, 5.74) is -1.70. The molecule has 0 unspecified atom stereocenters. The Bertz CT molecular complexity index is 8750. The number of benzene rings is 15. The normalized spacial score (nSPS) is 11.3. The van der Waals surface area contributed by atoms with Crippen molar-refractivity contribution in [1.82, 2.24) is 0 Å². The molecule has 20 aromatic rings. The average molecular weight is 2090 g/mol. The molecule has 0 atom stereocenters. The van der Waals surface area contributed by atoms with Gasteiger partial charge in [0.2, 0.25) is 0 Å². The van der Waals surface area contributed by atoms with Crippen LogP contribution in [-0.4, -0.2) is 122 Å². The summed E-state index contributed by atoms with van der Waals surface area (Å²) in [5, 5.41) is 123. The molecule has 0 fully saturated rings. The molecule has 740 valence electrons. The maximum Gasteiger partial charge on any atom is 0.416 e. The number of nitrogens with one attached hydrogen (secondary N) is 5. The fourth-order valence-corrected chi connectivity index (χ4v) is 17.1. The van der Waals surface area contributed by atoms with Gasteiger partial charge in [-0.1, -0.05) is 113 Å². The Morgan fingerprint density at radius 2 is 0.476 bits per heavy atom. The number of hydrogen-bond acceptors (Lipinski definition) is 21. The number of halogens is 12. The lowest BCUT2D eigenvalue weighted by Gasteiger charge is -2.16. The second kappa shape index (κ2) is 40.2. The van der Waals surface area contributed by atoms with Gasteiger partial charge in [0.05, 0.1) is 82.8 Å². The minimum atomic E-state index is -5.07. The number of carbonyl (C=O) groups is 11. The van der Waals surface area contributed by atoms with Crippen LogP contribution in [0.1, 0.15) is 125 Å². The van der Waals surface area contributed by atoms with Crippen molar-refractivity contribution in [3.63, 3.8) is 0 Å². The van der Waals surface area contributed by atoms with Crippen LogP contribution in [0.3, 0.4) is 0 Å². The number of fused-ring (bicyclic) bond motifs is 15. The van der Waals surface area contributed by atoms with Gasteiger partial charge < -0.3 is 105 Å². The maximum absolute atomic E-state index is 13.5. The third-order valence-corrected chi connectivity index (χ3v) is 23.3. The fourth-order valence-electron chi connectivity index (χ4n) is 16.1. The number of aromatic carboxylic acids is 11. The second-order valence-electron chi connectivity index (χ2n) is 31.5. The number of hydrogen-bond donors (Lipinski definition) is 16. The Labute approximate surface area is 831 Å². The summed E-state index contributed by atoms with van der Waals surface area (Å²) in [6, 6.07) is 55.6. The molecule has 0 aliphatic heterocycles. The minimum absolute atomic E-state index is 0.00664. The maximum atomic E-state index is 13.5. The van der Waals surface area contributed by atoms with E-state index in [9.17, 15) is 144 Å². The first-order chi connectivity index (χ1) is 69.7. The number of para-hydroxylation sites is 5. The van der Waals surface area contributed by atoms with Crippen LogP contribution in [0.25, 0.3) is 110 Å². The third-order valence-electron chi connectivity index (χ3n) is 22.3. The molecule has 20 rings (SSSR count). The van der Waals surface area contributed by atoms with E-state index in [4.69, 9.17) is 68.5 Å². The Morgan fingerprint density at radius 1 is 0.224 bits per heavy atom. The molecule has 0 aliphatic rings. The Balaban J connectivity index is 0.000000132. The van der Waals surface area contributed by atoms with E-state index in [1.165, 1.54) is 97.1 Å². The second-order valence-corrected chi connectivity index (χ2v) is 33.3.